The van der Waals surface area contributed by atoms with Crippen molar-refractivity contribution in [2.24, 2.45) is 5.92 Å². The van der Waals surface area contributed by atoms with Crippen molar-refractivity contribution in [1.29, 1.82) is 0 Å². The average molecular weight is 373 g/mol. The van der Waals surface area contributed by atoms with Gasteiger partial charge in [-0.2, -0.15) is 0 Å². The summed E-state index contributed by atoms with van der Waals surface area (Å²) in [5.74, 6) is 0.946. The number of hydrogen-bond acceptors (Lipinski definition) is 4. The Morgan fingerprint density at radius 1 is 1.04 bits per heavy atom. The maximum atomic E-state index is 13.3. The Balaban J connectivity index is 1.77. The highest BCUT2D eigenvalue weighted by Crippen LogP contribution is 2.41. The van der Waals surface area contributed by atoms with Crippen LogP contribution >= 0.6 is 0 Å². The van der Waals surface area contributed by atoms with Crippen LogP contribution in [0.3, 0.4) is 0 Å². The third-order valence-corrected chi connectivity index (χ3v) is 5.70. The quantitative estimate of drug-likeness (QED) is 0.722. The van der Waals surface area contributed by atoms with Gasteiger partial charge in [-0.05, 0) is 83.6 Å². The lowest BCUT2D eigenvalue weighted by atomic mass is 9.82. The lowest BCUT2D eigenvalue weighted by Gasteiger charge is -2.39. The predicted octanol–water partition coefficient (Wildman–Crippen LogP) is 4.67. The molecule has 2 atom stereocenters. The molecule has 0 aliphatic carbocycles. The molecule has 2 heterocycles. The van der Waals surface area contributed by atoms with Crippen molar-refractivity contribution in [1.82, 2.24) is 4.90 Å². The van der Waals surface area contributed by atoms with E-state index in [0.717, 1.165) is 48.1 Å². The molecule has 1 amide bonds. The van der Waals surface area contributed by atoms with Crippen molar-refractivity contribution in [3.8, 4) is 5.75 Å². The molecular formula is C22H31NO4. The van der Waals surface area contributed by atoms with E-state index in [1.165, 1.54) is 0 Å². The van der Waals surface area contributed by atoms with Crippen molar-refractivity contribution in [2.45, 2.75) is 78.0 Å². The standard InChI is InChI=1S/C22H31NO4/c1-13-9-18(26-6)10-14(2)19(13)20(24)15-11-16-7-8-17(12-15)23(16)21(25)27-22(3,4)5/h9-10,15-17H,7-8,11-12H2,1-6H3. The fourth-order valence-electron chi connectivity index (χ4n) is 4.64. The van der Waals surface area contributed by atoms with Gasteiger partial charge in [0.05, 0.1) is 7.11 Å². The smallest absolute Gasteiger partial charge is 0.410 e. The summed E-state index contributed by atoms with van der Waals surface area (Å²) in [6.45, 7) is 9.59. The lowest BCUT2D eigenvalue weighted by molar-refractivity contribution is 0.00252. The van der Waals surface area contributed by atoms with E-state index in [2.05, 4.69) is 0 Å². The molecule has 0 radical (unpaired) electrons. The van der Waals surface area contributed by atoms with Gasteiger partial charge in [0.1, 0.15) is 11.4 Å². The molecule has 3 rings (SSSR count). The van der Waals surface area contributed by atoms with Crippen molar-refractivity contribution in [3.63, 3.8) is 0 Å². The zero-order valence-corrected chi connectivity index (χ0v) is 17.3. The first-order chi connectivity index (χ1) is 12.6. The van der Waals surface area contributed by atoms with E-state index in [1.54, 1.807) is 7.11 Å². The van der Waals surface area contributed by atoms with Crippen LogP contribution in [0, 0.1) is 19.8 Å². The fourth-order valence-corrected chi connectivity index (χ4v) is 4.64. The molecule has 0 N–H and O–H groups in total. The van der Waals surface area contributed by atoms with E-state index in [4.69, 9.17) is 9.47 Å². The number of rotatable bonds is 3. The number of hydrogen-bond donors (Lipinski definition) is 0. The number of Topliss-reactive ketones (excluding diaryl/α,β-unsaturated/α-hetero) is 1. The first-order valence-corrected chi connectivity index (χ1v) is 9.81. The zero-order chi connectivity index (χ0) is 19.9. The van der Waals surface area contributed by atoms with Crippen molar-refractivity contribution < 1.29 is 19.1 Å². The van der Waals surface area contributed by atoms with Crippen LogP contribution in [0.1, 0.15) is 67.9 Å². The normalized spacial score (nSPS) is 24.7. The average Bonchev–Trinajstić information content (AvgIpc) is 2.82. The van der Waals surface area contributed by atoms with Gasteiger partial charge in [-0.25, -0.2) is 4.79 Å². The Morgan fingerprint density at radius 2 is 1.56 bits per heavy atom. The largest absolute Gasteiger partial charge is 0.497 e. The molecule has 2 aliphatic rings. The number of piperidine rings is 1. The number of methoxy groups -OCH3 is 1. The van der Waals surface area contributed by atoms with Gasteiger partial charge in [0.2, 0.25) is 0 Å². The molecule has 2 aliphatic heterocycles. The number of carbonyl (C=O) groups excluding carboxylic acids is 2. The minimum atomic E-state index is -0.499. The summed E-state index contributed by atoms with van der Waals surface area (Å²) in [5, 5.41) is 0. The number of ether oxygens (including phenoxy) is 2. The van der Waals surface area contributed by atoms with E-state index >= 15 is 0 Å². The highest BCUT2D eigenvalue weighted by molar-refractivity contribution is 6.00. The van der Waals surface area contributed by atoms with Gasteiger partial charge in [-0.1, -0.05) is 0 Å². The van der Waals surface area contributed by atoms with E-state index in [1.807, 2.05) is 51.7 Å². The maximum Gasteiger partial charge on any atom is 0.410 e. The molecule has 0 aromatic heterocycles. The third-order valence-electron chi connectivity index (χ3n) is 5.70. The van der Waals surface area contributed by atoms with Crippen LogP contribution in [0.5, 0.6) is 5.75 Å². The summed E-state index contributed by atoms with van der Waals surface area (Å²) < 4.78 is 10.9. The molecule has 2 bridgehead atoms. The van der Waals surface area contributed by atoms with Gasteiger partial charge >= 0.3 is 6.09 Å². The Kier molecular flexibility index (Phi) is 5.24. The van der Waals surface area contributed by atoms with Gasteiger partial charge in [0.25, 0.3) is 0 Å². The van der Waals surface area contributed by atoms with Crippen LogP contribution in [0.15, 0.2) is 12.1 Å². The van der Waals surface area contributed by atoms with Gasteiger partial charge < -0.3 is 14.4 Å². The number of ketones is 1. The molecular weight excluding hydrogens is 342 g/mol. The Hall–Kier alpha value is -2.04. The molecule has 148 valence electrons. The zero-order valence-electron chi connectivity index (χ0n) is 17.3. The SMILES string of the molecule is COc1cc(C)c(C(=O)C2CC3CCC(C2)N3C(=O)OC(C)(C)C)c(C)c1. The second-order valence-corrected chi connectivity index (χ2v) is 8.94. The van der Waals surface area contributed by atoms with Gasteiger partial charge in [-0.3, -0.25) is 4.79 Å². The minimum absolute atomic E-state index is 0.0352. The first kappa shape index (κ1) is 19.7. The van der Waals surface area contributed by atoms with Crippen LogP contribution in [0.4, 0.5) is 4.79 Å². The molecule has 0 saturated carbocycles. The summed E-state index contributed by atoms with van der Waals surface area (Å²) in [5.41, 5.74) is 2.23. The maximum absolute atomic E-state index is 13.3. The topological polar surface area (TPSA) is 55.8 Å². The van der Waals surface area contributed by atoms with Gasteiger partial charge in [0, 0.05) is 23.6 Å². The number of fused-ring (bicyclic) bond motifs is 2. The van der Waals surface area contributed by atoms with Crippen molar-refractivity contribution >= 4 is 11.9 Å². The predicted molar refractivity (Wildman–Crippen MR) is 104 cm³/mol. The van der Waals surface area contributed by atoms with Crippen LogP contribution in [0.25, 0.3) is 0 Å². The van der Waals surface area contributed by atoms with Gasteiger partial charge in [0.15, 0.2) is 5.78 Å². The first-order valence-electron chi connectivity index (χ1n) is 9.81. The van der Waals surface area contributed by atoms with Gasteiger partial charge in [-0.15, -0.1) is 0 Å². The molecule has 2 unspecified atom stereocenters. The number of carbonyl (C=O) groups is 2. The summed E-state index contributed by atoms with van der Waals surface area (Å²) >= 11 is 0. The Labute approximate surface area is 162 Å². The number of benzene rings is 1. The molecule has 0 spiro atoms. The molecule has 27 heavy (non-hydrogen) atoms. The van der Waals surface area contributed by atoms with Crippen LogP contribution < -0.4 is 4.74 Å². The Bertz CT molecular complexity index is 712. The molecule has 2 fully saturated rings. The highest BCUT2D eigenvalue weighted by atomic mass is 16.6. The molecule has 5 heteroatoms. The molecule has 1 aromatic rings. The van der Waals surface area contributed by atoms with E-state index < -0.39 is 5.60 Å². The second kappa shape index (κ2) is 7.17. The minimum Gasteiger partial charge on any atom is -0.497 e. The van der Waals surface area contributed by atoms with Crippen LogP contribution in [-0.4, -0.2) is 41.6 Å². The second-order valence-electron chi connectivity index (χ2n) is 8.94. The summed E-state index contributed by atoms with van der Waals surface area (Å²) in [6.07, 6.45) is 3.11. The van der Waals surface area contributed by atoms with Crippen molar-refractivity contribution in [3.05, 3.63) is 28.8 Å². The van der Waals surface area contributed by atoms with E-state index in [9.17, 15) is 9.59 Å². The van der Waals surface area contributed by atoms with Crippen LogP contribution in [0.2, 0.25) is 0 Å². The molecule has 2 saturated heterocycles. The lowest BCUT2D eigenvalue weighted by Crippen LogP contribution is -2.49. The molecule has 5 nitrogen and oxygen atoms in total. The third kappa shape index (κ3) is 3.97. The molecule has 1 aromatic carbocycles. The van der Waals surface area contributed by atoms with Crippen LogP contribution in [-0.2, 0) is 4.74 Å². The number of amides is 1. The summed E-state index contributed by atoms with van der Waals surface area (Å²) in [7, 11) is 1.64. The highest BCUT2D eigenvalue weighted by Gasteiger charge is 2.46. The Morgan fingerprint density at radius 3 is 2.00 bits per heavy atom. The van der Waals surface area contributed by atoms with E-state index in [0.29, 0.717) is 0 Å². The summed E-state index contributed by atoms with van der Waals surface area (Å²) in [4.78, 5) is 27.8. The fraction of sp³-hybridized carbons (Fsp3) is 0.636. The van der Waals surface area contributed by atoms with Crippen molar-refractivity contribution in [2.75, 3.05) is 7.11 Å². The monoisotopic (exact) mass is 373 g/mol. The number of aryl methyl sites for hydroxylation is 2. The number of nitrogens with zero attached hydrogens (tertiary/aromatic N) is 1. The van der Waals surface area contributed by atoms with E-state index in [-0.39, 0.29) is 29.9 Å². The summed E-state index contributed by atoms with van der Waals surface area (Å²) in [6, 6.07) is 4.05.